The highest BCUT2D eigenvalue weighted by atomic mass is 16.3. The molecular weight excluding hydrogens is 276 g/mol. The van der Waals surface area contributed by atoms with Gasteiger partial charge in [-0.25, -0.2) is 4.79 Å². The lowest BCUT2D eigenvalue weighted by atomic mass is 10.0. The number of hydrogen-bond acceptors (Lipinski definition) is 2. The topological polar surface area (TPSA) is 54.3 Å². The summed E-state index contributed by atoms with van der Waals surface area (Å²) in [6.07, 6.45) is 2.39. The number of hydrogen-bond donors (Lipinski definition) is 2. The quantitative estimate of drug-likeness (QED) is 0.757. The van der Waals surface area contributed by atoms with E-state index >= 15 is 0 Å². The van der Waals surface area contributed by atoms with Gasteiger partial charge in [0.15, 0.2) is 0 Å². The van der Waals surface area contributed by atoms with Gasteiger partial charge in [0.05, 0.1) is 12.8 Å². The molecule has 0 aliphatic heterocycles. The van der Waals surface area contributed by atoms with Crippen molar-refractivity contribution in [1.29, 1.82) is 0 Å². The summed E-state index contributed by atoms with van der Waals surface area (Å²) >= 11 is 0. The van der Waals surface area contributed by atoms with Gasteiger partial charge in [-0.05, 0) is 34.9 Å². The fourth-order valence-electron chi connectivity index (χ4n) is 2.46. The number of urea groups is 1. The molecule has 0 saturated carbocycles. The summed E-state index contributed by atoms with van der Waals surface area (Å²) in [6.45, 7) is 0.991. The van der Waals surface area contributed by atoms with Crippen molar-refractivity contribution in [3.8, 4) is 0 Å². The van der Waals surface area contributed by atoms with Crippen LogP contribution in [0.5, 0.6) is 0 Å². The molecule has 3 rings (SSSR count). The van der Waals surface area contributed by atoms with Gasteiger partial charge in [0.1, 0.15) is 5.76 Å². The van der Waals surface area contributed by atoms with Gasteiger partial charge in [0, 0.05) is 6.54 Å². The van der Waals surface area contributed by atoms with Crippen molar-refractivity contribution >= 4 is 16.8 Å². The highest BCUT2D eigenvalue weighted by molar-refractivity contribution is 5.85. The number of nitrogens with one attached hydrogen (secondary N) is 2. The molecule has 3 aromatic rings. The Bertz CT molecular complexity index is 745. The fraction of sp³-hybridized carbons (Fsp3) is 0.167. The molecule has 0 spiro atoms. The van der Waals surface area contributed by atoms with Crippen LogP contribution in [0.4, 0.5) is 4.79 Å². The van der Waals surface area contributed by atoms with Gasteiger partial charge in [-0.2, -0.15) is 0 Å². The zero-order valence-electron chi connectivity index (χ0n) is 12.2. The minimum absolute atomic E-state index is 0.184. The number of fused-ring (bicyclic) bond motifs is 1. The zero-order chi connectivity index (χ0) is 15.2. The number of amides is 2. The predicted octanol–water partition coefficient (Wildman–Crippen LogP) is 3.47. The maximum atomic E-state index is 11.7. The van der Waals surface area contributed by atoms with E-state index in [1.807, 2.05) is 18.2 Å². The van der Waals surface area contributed by atoms with Crippen molar-refractivity contribution < 1.29 is 9.21 Å². The SMILES string of the molecule is O=C(NCCc1cccc2ccccc12)NCc1ccco1. The van der Waals surface area contributed by atoms with E-state index in [4.69, 9.17) is 4.42 Å². The van der Waals surface area contributed by atoms with Gasteiger partial charge < -0.3 is 15.1 Å². The number of benzene rings is 2. The molecule has 0 atom stereocenters. The molecule has 22 heavy (non-hydrogen) atoms. The molecule has 0 fully saturated rings. The molecular formula is C18H18N2O2. The van der Waals surface area contributed by atoms with E-state index in [9.17, 15) is 4.79 Å². The van der Waals surface area contributed by atoms with E-state index < -0.39 is 0 Å². The predicted molar refractivity (Wildman–Crippen MR) is 86.6 cm³/mol. The largest absolute Gasteiger partial charge is 0.467 e. The first kappa shape index (κ1) is 14.2. The standard InChI is InChI=1S/C18H18N2O2/c21-18(20-13-16-8-4-12-22-16)19-11-10-15-7-3-6-14-5-1-2-9-17(14)15/h1-9,12H,10-11,13H2,(H2,19,20,21). The molecule has 1 heterocycles. The van der Waals surface area contributed by atoms with Crippen LogP contribution in [0.2, 0.25) is 0 Å². The van der Waals surface area contributed by atoms with Gasteiger partial charge in [0.25, 0.3) is 0 Å². The Morgan fingerprint density at radius 3 is 2.68 bits per heavy atom. The summed E-state index contributed by atoms with van der Waals surface area (Å²) in [4.78, 5) is 11.7. The molecule has 0 aliphatic carbocycles. The Morgan fingerprint density at radius 1 is 0.955 bits per heavy atom. The second-order valence-electron chi connectivity index (χ2n) is 5.08. The number of carbonyl (C=O) groups is 1. The van der Waals surface area contributed by atoms with E-state index in [1.54, 1.807) is 12.3 Å². The Balaban J connectivity index is 1.50. The van der Waals surface area contributed by atoms with E-state index in [0.717, 1.165) is 12.2 Å². The molecule has 0 unspecified atom stereocenters. The van der Waals surface area contributed by atoms with E-state index in [1.165, 1.54) is 16.3 Å². The highest BCUT2D eigenvalue weighted by Gasteiger charge is 2.03. The van der Waals surface area contributed by atoms with Crippen molar-refractivity contribution in [2.45, 2.75) is 13.0 Å². The lowest BCUT2D eigenvalue weighted by Gasteiger charge is -2.08. The maximum absolute atomic E-state index is 11.7. The third kappa shape index (κ3) is 3.47. The Labute approximate surface area is 129 Å². The summed E-state index contributed by atoms with van der Waals surface area (Å²) in [7, 11) is 0. The van der Waals surface area contributed by atoms with E-state index in [-0.39, 0.29) is 6.03 Å². The summed E-state index contributed by atoms with van der Waals surface area (Å²) in [5, 5.41) is 8.09. The molecule has 2 amide bonds. The molecule has 0 radical (unpaired) electrons. The molecule has 4 nitrogen and oxygen atoms in total. The van der Waals surface area contributed by atoms with Gasteiger partial charge in [-0.1, -0.05) is 42.5 Å². The zero-order valence-corrected chi connectivity index (χ0v) is 12.2. The van der Waals surface area contributed by atoms with Gasteiger partial charge >= 0.3 is 6.03 Å². The van der Waals surface area contributed by atoms with Crippen LogP contribution in [-0.2, 0) is 13.0 Å². The van der Waals surface area contributed by atoms with Crippen molar-refractivity contribution in [1.82, 2.24) is 10.6 Å². The van der Waals surface area contributed by atoms with Crippen molar-refractivity contribution in [2.75, 3.05) is 6.54 Å². The number of carbonyl (C=O) groups excluding carboxylic acids is 1. The highest BCUT2D eigenvalue weighted by Crippen LogP contribution is 2.18. The summed E-state index contributed by atoms with van der Waals surface area (Å²) in [6, 6.07) is 18.0. The minimum atomic E-state index is -0.184. The van der Waals surface area contributed by atoms with Crippen LogP contribution in [0.15, 0.2) is 65.3 Å². The van der Waals surface area contributed by atoms with Crippen LogP contribution in [0.25, 0.3) is 10.8 Å². The summed E-state index contributed by atoms with van der Waals surface area (Å²) in [5.41, 5.74) is 1.24. The van der Waals surface area contributed by atoms with Gasteiger partial charge in [-0.15, -0.1) is 0 Å². The molecule has 0 saturated heterocycles. The summed E-state index contributed by atoms with van der Waals surface area (Å²) < 4.78 is 5.16. The first-order valence-corrected chi connectivity index (χ1v) is 7.33. The maximum Gasteiger partial charge on any atom is 0.315 e. The normalized spacial score (nSPS) is 10.5. The second kappa shape index (κ2) is 6.80. The Morgan fingerprint density at radius 2 is 1.82 bits per heavy atom. The minimum Gasteiger partial charge on any atom is -0.467 e. The third-order valence-electron chi connectivity index (χ3n) is 3.56. The fourth-order valence-corrected chi connectivity index (χ4v) is 2.46. The van der Waals surface area contributed by atoms with Crippen molar-refractivity contribution in [3.05, 3.63) is 72.2 Å². The lowest BCUT2D eigenvalue weighted by Crippen LogP contribution is -2.36. The molecule has 1 aromatic heterocycles. The van der Waals surface area contributed by atoms with Crippen molar-refractivity contribution in [3.63, 3.8) is 0 Å². The van der Waals surface area contributed by atoms with E-state index in [0.29, 0.717) is 13.1 Å². The van der Waals surface area contributed by atoms with Crippen LogP contribution in [0.1, 0.15) is 11.3 Å². The average molecular weight is 294 g/mol. The van der Waals surface area contributed by atoms with Gasteiger partial charge in [0.2, 0.25) is 0 Å². The Kier molecular flexibility index (Phi) is 4.39. The first-order chi connectivity index (χ1) is 10.8. The Hall–Kier alpha value is -2.75. The third-order valence-corrected chi connectivity index (χ3v) is 3.56. The van der Waals surface area contributed by atoms with Crippen LogP contribution < -0.4 is 10.6 Å². The van der Waals surface area contributed by atoms with Crippen molar-refractivity contribution in [2.24, 2.45) is 0 Å². The molecule has 0 bridgehead atoms. The first-order valence-electron chi connectivity index (χ1n) is 7.33. The summed E-state index contributed by atoms with van der Waals surface area (Å²) in [5.74, 6) is 0.740. The number of rotatable bonds is 5. The molecule has 2 aromatic carbocycles. The van der Waals surface area contributed by atoms with Crippen LogP contribution in [0.3, 0.4) is 0 Å². The van der Waals surface area contributed by atoms with Gasteiger partial charge in [-0.3, -0.25) is 0 Å². The molecule has 0 aliphatic rings. The van der Waals surface area contributed by atoms with Crippen LogP contribution >= 0.6 is 0 Å². The molecule has 4 heteroatoms. The number of furan rings is 1. The monoisotopic (exact) mass is 294 g/mol. The molecule has 2 N–H and O–H groups in total. The lowest BCUT2D eigenvalue weighted by molar-refractivity contribution is 0.239. The van der Waals surface area contributed by atoms with Crippen LogP contribution in [0, 0.1) is 0 Å². The second-order valence-corrected chi connectivity index (χ2v) is 5.08. The smallest absolute Gasteiger partial charge is 0.315 e. The molecule has 112 valence electrons. The van der Waals surface area contributed by atoms with E-state index in [2.05, 4.69) is 41.0 Å². The van der Waals surface area contributed by atoms with Crippen LogP contribution in [-0.4, -0.2) is 12.6 Å². The average Bonchev–Trinajstić information content (AvgIpc) is 3.07.